The minimum absolute atomic E-state index is 0.753. The second-order valence-corrected chi connectivity index (χ2v) is 4.53. The first kappa shape index (κ1) is 9.51. The first-order valence-electron chi connectivity index (χ1n) is 5.39. The lowest BCUT2D eigenvalue weighted by molar-refractivity contribution is 0.747. The smallest absolute Gasteiger partial charge is 0.0184 e. The van der Waals surface area contributed by atoms with Gasteiger partial charge in [0.25, 0.3) is 0 Å². The molecule has 1 aliphatic rings. The van der Waals surface area contributed by atoms with Crippen molar-refractivity contribution in [1.29, 1.82) is 0 Å². The van der Waals surface area contributed by atoms with Crippen LogP contribution < -0.4 is 0 Å². The third kappa shape index (κ3) is 1.30. The van der Waals surface area contributed by atoms with Crippen molar-refractivity contribution in [2.24, 2.45) is 0 Å². The number of benzene rings is 1. The van der Waals surface area contributed by atoms with Crippen LogP contribution >= 0.6 is 0 Å². The van der Waals surface area contributed by atoms with E-state index in [-0.39, 0.29) is 0 Å². The summed E-state index contributed by atoms with van der Waals surface area (Å²) in [4.78, 5) is 0. The Kier molecular flexibility index (Phi) is 2.22. The van der Waals surface area contributed by atoms with Crippen LogP contribution in [0.15, 0.2) is 18.7 Å². The fourth-order valence-electron chi connectivity index (χ4n) is 2.55. The molecule has 0 bridgehead atoms. The largest absolute Gasteiger partial charge is 0.0955 e. The number of rotatable bonds is 1. The molecule has 14 heavy (non-hydrogen) atoms. The Morgan fingerprint density at radius 3 is 2.79 bits per heavy atom. The van der Waals surface area contributed by atoms with Crippen LogP contribution in [0.25, 0.3) is 5.57 Å². The van der Waals surface area contributed by atoms with Crippen LogP contribution in [0, 0.1) is 6.92 Å². The first-order chi connectivity index (χ1) is 6.61. The van der Waals surface area contributed by atoms with E-state index < -0.39 is 0 Å². The quantitative estimate of drug-likeness (QED) is 0.620. The molecule has 0 nitrogen and oxygen atoms in total. The highest BCUT2D eigenvalue weighted by atomic mass is 14.3. The maximum absolute atomic E-state index is 4.03. The zero-order chi connectivity index (χ0) is 10.3. The lowest BCUT2D eigenvalue weighted by Gasteiger charge is -2.11. The fourth-order valence-corrected chi connectivity index (χ4v) is 2.55. The van der Waals surface area contributed by atoms with Gasteiger partial charge in [-0.05, 0) is 54.9 Å². The molecular formula is C14H18. The van der Waals surface area contributed by atoms with Crippen LogP contribution in [0.4, 0.5) is 0 Å². The molecule has 0 amide bonds. The third-order valence-corrected chi connectivity index (χ3v) is 3.45. The van der Waals surface area contributed by atoms with E-state index in [1.54, 1.807) is 11.1 Å². The van der Waals surface area contributed by atoms with E-state index in [9.17, 15) is 0 Å². The third-order valence-electron chi connectivity index (χ3n) is 3.45. The van der Waals surface area contributed by atoms with Gasteiger partial charge in [0.15, 0.2) is 0 Å². The molecule has 2 rings (SSSR count). The van der Waals surface area contributed by atoms with E-state index in [0.29, 0.717) is 0 Å². The summed E-state index contributed by atoms with van der Waals surface area (Å²) in [6.07, 6.45) is 2.57. The molecule has 0 saturated heterocycles. The Morgan fingerprint density at radius 2 is 2.14 bits per heavy atom. The molecule has 0 aliphatic heterocycles. The predicted octanol–water partition coefficient (Wildman–Crippen LogP) is 4.08. The van der Waals surface area contributed by atoms with Gasteiger partial charge in [-0.15, -0.1) is 0 Å². The summed E-state index contributed by atoms with van der Waals surface area (Å²) >= 11 is 0. The Labute approximate surface area is 86.7 Å². The van der Waals surface area contributed by atoms with Crippen molar-refractivity contribution in [3.8, 4) is 0 Å². The van der Waals surface area contributed by atoms with Gasteiger partial charge in [-0.3, -0.25) is 0 Å². The molecular weight excluding hydrogens is 168 g/mol. The van der Waals surface area contributed by atoms with E-state index >= 15 is 0 Å². The molecule has 0 heterocycles. The average Bonchev–Trinajstić information content (AvgIpc) is 2.49. The minimum atomic E-state index is 0.753. The molecule has 0 fully saturated rings. The normalized spacial score (nSPS) is 19.5. The molecule has 0 heteroatoms. The van der Waals surface area contributed by atoms with Crippen LogP contribution in [-0.4, -0.2) is 0 Å². The summed E-state index contributed by atoms with van der Waals surface area (Å²) in [5, 5.41) is 0. The summed E-state index contributed by atoms with van der Waals surface area (Å²) in [5.74, 6) is 0.753. The Bertz CT molecular complexity index is 385. The number of fused-ring (bicyclic) bond motifs is 1. The minimum Gasteiger partial charge on any atom is -0.0955 e. The average molecular weight is 186 g/mol. The van der Waals surface area contributed by atoms with E-state index in [4.69, 9.17) is 0 Å². The second kappa shape index (κ2) is 3.27. The van der Waals surface area contributed by atoms with Crippen molar-refractivity contribution in [3.05, 3.63) is 41.0 Å². The molecule has 1 aliphatic carbocycles. The van der Waals surface area contributed by atoms with Gasteiger partial charge in [0.2, 0.25) is 0 Å². The second-order valence-electron chi connectivity index (χ2n) is 4.53. The number of hydrogen-bond acceptors (Lipinski definition) is 0. The summed E-state index contributed by atoms with van der Waals surface area (Å²) in [7, 11) is 0. The van der Waals surface area contributed by atoms with Crippen molar-refractivity contribution in [1.82, 2.24) is 0 Å². The molecule has 1 atom stereocenters. The van der Waals surface area contributed by atoms with E-state index in [1.165, 1.54) is 29.5 Å². The molecule has 74 valence electrons. The van der Waals surface area contributed by atoms with Crippen LogP contribution in [0.5, 0.6) is 0 Å². The summed E-state index contributed by atoms with van der Waals surface area (Å²) in [6.45, 7) is 10.7. The van der Waals surface area contributed by atoms with Crippen molar-refractivity contribution in [2.45, 2.75) is 39.5 Å². The molecule has 0 radical (unpaired) electrons. The topological polar surface area (TPSA) is 0 Å². The number of allylic oxidation sites excluding steroid dienone is 1. The molecule has 1 aromatic carbocycles. The maximum Gasteiger partial charge on any atom is -0.0184 e. The van der Waals surface area contributed by atoms with Crippen molar-refractivity contribution >= 4 is 5.57 Å². The van der Waals surface area contributed by atoms with Gasteiger partial charge in [0.05, 0.1) is 0 Å². The van der Waals surface area contributed by atoms with Gasteiger partial charge < -0.3 is 0 Å². The summed E-state index contributed by atoms with van der Waals surface area (Å²) < 4.78 is 0. The predicted molar refractivity (Wildman–Crippen MR) is 62.6 cm³/mol. The maximum atomic E-state index is 4.03. The zero-order valence-electron chi connectivity index (χ0n) is 9.35. The highest BCUT2D eigenvalue weighted by Gasteiger charge is 2.21. The Balaban J connectivity index is 2.58. The highest BCUT2D eigenvalue weighted by Crippen LogP contribution is 2.36. The van der Waals surface area contributed by atoms with Crippen LogP contribution in [0.2, 0.25) is 0 Å². The molecule has 1 aromatic rings. The van der Waals surface area contributed by atoms with Gasteiger partial charge in [0.1, 0.15) is 0 Å². The monoisotopic (exact) mass is 186 g/mol. The summed E-state index contributed by atoms with van der Waals surface area (Å²) in [6, 6.07) is 4.53. The summed E-state index contributed by atoms with van der Waals surface area (Å²) in [5.41, 5.74) is 7.13. The van der Waals surface area contributed by atoms with E-state index in [1.807, 2.05) is 0 Å². The van der Waals surface area contributed by atoms with Crippen molar-refractivity contribution < 1.29 is 0 Å². The molecule has 0 saturated carbocycles. The fraction of sp³-hybridized carbons (Fsp3) is 0.429. The molecule has 0 aromatic heterocycles. The zero-order valence-corrected chi connectivity index (χ0v) is 9.35. The van der Waals surface area contributed by atoms with Crippen molar-refractivity contribution in [2.75, 3.05) is 0 Å². The van der Waals surface area contributed by atoms with E-state index in [2.05, 4.69) is 39.5 Å². The Hall–Kier alpha value is -1.04. The SMILES string of the molecule is C=C(C)c1ccc2c(c1C)CCC2C. The van der Waals surface area contributed by atoms with Gasteiger partial charge in [-0.25, -0.2) is 0 Å². The molecule has 1 unspecified atom stereocenters. The van der Waals surface area contributed by atoms with E-state index in [0.717, 1.165) is 5.92 Å². The highest BCUT2D eigenvalue weighted by molar-refractivity contribution is 5.67. The van der Waals surface area contributed by atoms with Crippen LogP contribution in [0.1, 0.15) is 48.4 Å². The van der Waals surface area contributed by atoms with Gasteiger partial charge in [0, 0.05) is 0 Å². The van der Waals surface area contributed by atoms with Crippen LogP contribution in [-0.2, 0) is 6.42 Å². The van der Waals surface area contributed by atoms with Gasteiger partial charge in [-0.1, -0.05) is 31.2 Å². The lowest BCUT2D eigenvalue weighted by Crippen LogP contribution is -1.94. The standard InChI is InChI=1S/C14H18/c1-9(2)12-7-8-13-10(3)5-6-14(13)11(12)4/h7-8,10H,1,5-6H2,2-4H3. The molecule has 0 spiro atoms. The molecule has 0 N–H and O–H groups in total. The van der Waals surface area contributed by atoms with Crippen molar-refractivity contribution in [3.63, 3.8) is 0 Å². The van der Waals surface area contributed by atoms with Gasteiger partial charge in [-0.2, -0.15) is 0 Å². The van der Waals surface area contributed by atoms with Crippen LogP contribution in [0.3, 0.4) is 0 Å². The Morgan fingerprint density at radius 1 is 1.43 bits per heavy atom. The number of hydrogen-bond donors (Lipinski definition) is 0. The van der Waals surface area contributed by atoms with Gasteiger partial charge >= 0.3 is 0 Å². The lowest BCUT2D eigenvalue weighted by atomic mass is 9.94. The first-order valence-corrected chi connectivity index (χ1v) is 5.39.